The Balaban J connectivity index is 1.39. The highest BCUT2D eigenvalue weighted by Crippen LogP contribution is 2.54. The van der Waals surface area contributed by atoms with E-state index in [2.05, 4.69) is 26.3 Å². The second kappa shape index (κ2) is 11.8. The summed E-state index contributed by atoms with van der Waals surface area (Å²) in [6, 6.07) is 3.38. The number of fused-ring (bicyclic) bond motifs is 2. The monoisotopic (exact) mass is 697 g/mol. The minimum Gasteiger partial charge on any atom is -0.462 e. The highest BCUT2D eigenvalue weighted by molar-refractivity contribution is 7.23. The quantitative estimate of drug-likeness (QED) is 0.129. The summed E-state index contributed by atoms with van der Waals surface area (Å²) < 4.78 is 81.2. The van der Waals surface area contributed by atoms with Gasteiger partial charge in [0.25, 0.3) is 0 Å². The number of thiophene rings is 1. The van der Waals surface area contributed by atoms with Crippen LogP contribution in [0.5, 0.6) is 6.01 Å². The molecule has 256 valence electrons. The number of likely N-dealkylation sites (tertiary alicyclic amines) is 2. The van der Waals surface area contributed by atoms with Crippen molar-refractivity contribution in [3.05, 3.63) is 59.7 Å². The number of halogens is 5. The molecule has 3 unspecified atom stereocenters. The number of anilines is 2. The van der Waals surface area contributed by atoms with Crippen molar-refractivity contribution in [3.63, 3.8) is 0 Å². The summed E-state index contributed by atoms with van der Waals surface area (Å²) in [5.41, 5.74) is 4.74. The average molecular weight is 698 g/mol. The third-order valence-electron chi connectivity index (χ3n) is 10.1. The van der Waals surface area contributed by atoms with Crippen molar-refractivity contribution in [2.75, 3.05) is 51.0 Å². The number of nitrogens with two attached hydrogens (primary N) is 1. The molecule has 2 aromatic carbocycles. The number of nitrogen functional groups attached to an aromatic ring is 1. The van der Waals surface area contributed by atoms with E-state index < -0.39 is 35.7 Å². The topological polar surface area (TPSA) is 92.2 Å². The molecule has 3 aliphatic rings. The summed E-state index contributed by atoms with van der Waals surface area (Å²) in [4.78, 5) is 29.7. The molecule has 15 heteroatoms. The Morgan fingerprint density at radius 1 is 1.27 bits per heavy atom. The first-order valence-electron chi connectivity index (χ1n) is 15.7. The van der Waals surface area contributed by atoms with Gasteiger partial charge in [-0.3, -0.25) is 9.69 Å². The molecule has 49 heavy (non-hydrogen) atoms. The highest BCUT2D eigenvalue weighted by atomic mass is 32.1. The Kier molecular flexibility index (Phi) is 7.94. The Morgan fingerprint density at radius 3 is 2.67 bits per heavy atom. The van der Waals surface area contributed by atoms with Crippen molar-refractivity contribution in [2.24, 2.45) is 5.41 Å². The van der Waals surface area contributed by atoms with E-state index in [9.17, 15) is 22.4 Å². The fraction of sp³-hybridized carbons (Fsp3) is 0.412. The first-order chi connectivity index (χ1) is 23.2. The highest BCUT2D eigenvalue weighted by Gasteiger charge is 2.51. The lowest BCUT2D eigenvalue weighted by Gasteiger charge is -2.28. The van der Waals surface area contributed by atoms with Crippen molar-refractivity contribution < 1.29 is 31.5 Å². The first kappa shape index (κ1) is 33.0. The van der Waals surface area contributed by atoms with Gasteiger partial charge < -0.3 is 20.3 Å². The zero-order valence-electron chi connectivity index (χ0n) is 26.7. The second-order valence-electron chi connectivity index (χ2n) is 13.2. The fourth-order valence-corrected chi connectivity index (χ4v) is 8.23. The molecule has 2 N–H and O–H groups in total. The molecule has 4 aromatic rings. The van der Waals surface area contributed by atoms with E-state index in [1.165, 1.54) is 29.0 Å². The smallest absolute Gasteiger partial charge is 0.417 e. The van der Waals surface area contributed by atoms with E-state index >= 15 is 4.39 Å². The summed E-state index contributed by atoms with van der Waals surface area (Å²) in [6.07, 6.45) is -2.12. The Hall–Kier alpha value is -4.55. The van der Waals surface area contributed by atoms with E-state index in [-0.39, 0.29) is 80.4 Å². The fourth-order valence-electron chi connectivity index (χ4n) is 7.29. The lowest BCUT2D eigenvalue weighted by molar-refractivity contribution is -0.137. The number of rotatable bonds is 7. The summed E-state index contributed by atoms with van der Waals surface area (Å²) in [5, 5.41) is -0.0735. The maximum Gasteiger partial charge on any atom is 0.417 e. The van der Waals surface area contributed by atoms with E-state index in [0.717, 1.165) is 55.4 Å². The lowest BCUT2D eigenvalue weighted by Crippen LogP contribution is -2.40. The van der Waals surface area contributed by atoms with E-state index in [1.54, 1.807) is 0 Å². The number of nitrogens with zero attached hydrogens (tertiary/aromatic N) is 6. The molecule has 1 saturated carbocycles. The number of alkyl halides is 4. The number of benzene rings is 2. The van der Waals surface area contributed by atoms with E-state index in [0.29, 0.717) is 5.41 Å². The predicted molar refractivity (Wildman–Crippen MR) is 178 cm³/mol. The van der Waals surface area contributed by atoms with Crippen LogP contribution in [0, 0.1) is 17.8 Å². The molecule has 2 aliphatic heterocycles. The molecule has 7 rings (SSSR count). The maximum absolute atomic E-state index is 15.5. The van der Waals surface area contributed by atoms with Crippen molar-refractivity contribution in [1.29, 1.82) is 0 Å². The number of hydrogen-bond acceptors (Lipinski definition) is 8. The predicted octanol–water partition coefficient (Wildman–Crippen LogP) is 6.84. The van der Waals surface area contributed by atoms with Gasteiger partial charge in [0.1, 0.15) is 24.4 Å². The molecule has 0 bridgehead atoms. The van der Waals surface area contributed by atoms with Crippen molar-refractivity contribution in [3.8, 4) is 17.1 Å². The largest absolute Gasteiger partial charge is 0.462 e. The van der Waals surface area contributed by atoms with Crippen LogP contribution in [0.4, 0.5) is 38.5 Å². The van der Waals surface area contributed by atoms with Gasteiger partial charge in [-0.1, -0.05) is 12.6 Å². The van der Waals surface area contributed by atoms with Crippen LogP contribution >= 0.6 is 11.3 Å². The van der Waals surface area contributed by atoms with Crippen LogP contribution in [-0.2, 0) is 11.0 Å². The molecule has 3 fully saturated rings. The molecule has 4 heterocycles. The molecular weight excluding hydrogens is 665 g/mol. The minimum atomic E-state index is -4.91. The van der Waals surface area contributed by atoms with E-state index in [4.69, 9.17) is 17.0 Å². The molecule has 1 aliphatic carbocycles. The standard InChI is InChI=1S/C34H32F5N7O2S/c1-5-26(47)46-13-23(36)25(14-46)45(4)31-20-10-21(34(37,38)39)19(18-6-7-22(35)29-27(18)28(41-2)30(40)49-29)11-24(20)42-32(43-31)48-15-17-12-33(8-9-33)16-44(17)3/h5-7,10-11,17,23,25H,1,8-9,12-16,40H2,3-4H3. The average Bonchev–Trinajstić information content (AvgIpc) is 3.38. The van der Waals surface area contributed by atoms with Crippen LogP contribution in [0.3, 0.4) is 0 Å². The lowest BCUT2D eigenvalue weighted by atomic mass is 9.94. The number of ether oxygens (including phenoxy) is 1. The zero-order chi connectivity index (χ0) is 35.0. The van der Waals surface area contributed by atoms with Crippen molar-refractivity contribution in [1.82, 2.24) is 19.8 Å². The van der Waals surface area contributed by atoms with Gasteiger partial charge in [-0.05, 0) is 67.1 Å². The Labute approximate surface area is 282 Å². The van der Waals surface area contributed by atoms with Gasteiger partial charge in [-0.2, -0.15) is 23.1 Å². The third kappa shape index (κ3) is 5.70. The molecular formula is C34H32F5N7O2S. The zero-order valence-corrected chi connectivity index (χ0v) is 27.5. The van der Waals surface area contributed by atoms with Gasteiger partial charge in [0.15, 0.2) is 0 Å². The number of likely N-dealkylation sites (N-methyl/N-ethyl adjacent to an activating group) is 2. The van der Waals surface area contributed by atoms with Crippen LogP contribution in [-0.4, -0.2) is 84.3 Å². The summed E-state index contributed by atoms with van der Waals surface area (Å²) in [6.45, 7) is 12.0. The maximum atomic E-state index is 15.5. The molecule has 3 atom stereocenters. The number of carbonyl (C=O) groups is 1. The second-order valence-corrected chi connectivity index (χ2v) is 14.2. The molecule has 1 spiro atoms. The molecule has 0 radical (unpaired) electrons. The normalized spacial score (nSPS) is 21.8. The van der Waals surface area contributed by atoms with Gasteiger partial charge >= 0.3 is 12.2 Å². The summed E-state index contributed by atoms with van der Waals surface area (Å²) in [5.74, 6) is -1.19. The van der Waals surface area contributed by atoms with Gasteiger partial charge in [-0.15, -0.1) is 11.3 Å². The van der Waals surface area contributed by atoms with Crippen LogP contribution in [0.2, 0.25) is 0 Å². The van der Waals surface area contributed by atoms with Crippen LogP contribution in [0.1, 0.15) is 24.8 Å². The molecule has 1 amide bonds. The Morgan fingerprint density at radius 2 is 2.02 bits per heavy atom. The third-order valence-corrected chi connectivity index (χ3v) is 11.1. The van der Waals surface area contributed by atoms with E-state index in [1.807, 2.05) is 7.05 Å². The van der Waals surface area contributed by atoms with Crippen LogP contribution in [0.15, 0.2) is 36.9 Å². The number of amides is 1. The first-order valence-corrected chi connectivity index (χ1v) is 16.5. The van der Waals surface area contributed by atoms with Gasteiger partial charge in [0.05, 0.1) is 39.9 Å². The van der Waals surface area contributed by atoms with Gasteiger partial charge in [-0.25, -0.2) is 13.6 Å². The Bertz CT molecular complexity index is 2060. The summed E-state index contributed by atoms with van der Waals surface area (Å²) in [7, 11) is 3.52. The molecule has 2 saturated heterocycles. The number of carbonyl (C=O) groups excluding carboxylic acids is 1. The number of hydrogen-bond donors (Lipinski definition) is 1. The van der Waals surface area contributed by atoms with Gasteiger partial charge in [0, 0.05) is 37.0 Å². The van der Waals surface area contributed by atoms with Crippen molar-refractivity contribution in [2.45, 2.75) is 43.7 Å². The number of aromatic nitrogens is 2. The SMILES string of the molecule is [C-]#[N+]c1c(N)sc2c(F)ccc(-c3cc4nc(OCC5CC6(CC6)CN5C)nc(N(C)C5CN(C(=O)C=C)CC5F)c4cc3C(F)(F)F)c12. The molecule has 9 nitrogen and oxygen atoms in total. The minimum absolute atomic E-state index is 0.0121. The van der Waals surface area contributed by atoms with Crippen molar-refractivity contribution >= 4 is 54.7 Å². The molecule has 2 aromatic heterocycles. The van der Waals surface area contributed by atoms with Crippen LogP contribution in [0.25, 0.3) is 37.0 Å². The summed E-state index contributed by atoms with van der Waals surface area (Å²) >= 11 is 0.787. The van der Waals surface area contributed by atoms with Gasteiger partial charge in [0.2, 0.25) is 11.6 Å². The van der Waals surface area contributed by atoms with Crippen LogP contribution < -0.4 is 15.4 Å².